The van der Waals surface area contributed by atoms with Crippen molar-refractivity contribution in [3.63, 3.8) is 0 Å². The fourth-order valence-electron chi connectivity index (χ4n) is 4.12. The fraction of sp³-hybridized carbons (Fsp3) is 0.615. The molecule has 2 heterocycles. The summed E-state index contributed by atoms with van der Waals surface area (Å²) in [6.45, 7) is 6.82. The SMILES string of the molecule is CC(C)C[C@H](NC(=O)[C@H](Cc1ccccc1)NC(=O)CNC(=O)CNN1CCS(=O)CC1)C(=O)[C@@]1(C)CO1. The molecule has 38 heavy (non-hydrogen) atoms. The van der Waals surface area contributed by atoms with Crippen LogP contribution in [0, 0.1) is 5.92 Å². The van der Waals surface area contributed by atoms with E-state index in [2.05, 4.69) is 21.4 Å². The van der Waals surface area contributed by atoms with Gasteiger partial charge >= 0.3 is 0 Å². The maximum atomic E-state index is 13.3. The van der Waals surface area contributed by atoms with Crippen LogP contribution >= 0.6 is 0 Å². The maximum Gasteiger partial charge on any atom is 0.243 e. The van der Waals surface area contributed by atoms with Crippen LogP contribution in [-0.4, -0.2) is 94.7 Å². The zero-order valence-electron chi connectivity index (χ0n) is 22.3. The van der Waals surface area contributed by atoms with Crippen molar-refractivity contribution in [2.24, 2.45) is 5.92 Å². The number of hydrogen-bond acceptors (Lipinski definition) is 8. The number of ketones is 1. The topological polar surface area (TPSA) is 149 Å². The molecule has 3 rings (SSSR count). The summed E-state index contributed by atoms with van der Waals surface area (Å²) in [5, 5.41) is 9.93. The van der Waals surface area contributed by atoms with E-state index in [0.717, 1.165) is 5.56 Å². The number of epoxide rings is 1. The Balaban J connectivity index is 1.56. The normalized spacial score (nSPS) is 21.4. The van der Waals surface area contributed by atoms with E-state index in [9.17, 15) is 23.4 Å². The van der Waals surface area contributed by atoms with Crippen LogP contribution in [0.15, 0.2) is 30.3 Å². The number of ether oxygens (including phenoxy) is 1. The number of amides is 3. The molecule has 4 N–H and O–H groups in total. The molecule has 0 bridgehead atoms. The van der Waals surface area contributed by atoms with Gasteiger partial charge in [-0.15, -0.1) is 0 Å². The minimum atomic E-state index is -0.940. The molecule has 1 aromatic carbocycles. The van der Waals surface area contributed by atoms with Gasteiger partial charge in [0.25, 0.3) is 0 Å². The molecule has 11 nitrogen and oxygen atoms in total. The Bertz CT molecular complexity index is 1010. The molecule has 1 aromatic rings. The van der Waals surface area contributed by atoms with Crippen molar-refractivity contribution in [1.29, 1.82) is 0 Å². The lowest BCUT2D eigenvalue weighted by Crippen LogP contribution is -2.55. The second-order valence-electron chi connectivity index (χ2n) is 10.3. The van der Waals surface area contributed by atoms with Crippen molar-refractivity contribution >= 4 is 34.3 Å². The highest BCUT2D eigenvalue weighted by molar-refractivity contribution is 7.85. The summed E-state index contributed by atoms with van der Waals surface area (Å²) in [5.74, 6) is -0.284. The van der Waals surface area contributed by atoms with Crippen LogP contribution in [0.2, 0.25) is 0 Å². The molecule has 0 saturated carbocycles. The van der Waals surface area contributed by atoms with E-state index < -0.39 is 40.3 Å². The first-order valence-corrected chi connectivity index (χ1v) is 14.5. The van der Waals surface area contributed by atoms with Crippen LogP contribution < -0.4 is 21.4 Å². The van der Waals surface area contributed by atoms with Gasteiger partial charge in [0.05, 0.1) is 25.7 Å². The van der Waals surface area contributed by atoms with Gasteiger partial charge in [0.15, 0.2) is 5.78 Å². The average Bonchev–Trinajstić information content (AvgIpc) is 3.64. The van der Waals surface area contributed by atoms with E-state index in [1.807, 2.05) is 49.2 Å². The number of nitrogens with zero attached hydrogens (tertiary/aromatic N) is 1. The number of rotatable bonds is 14. The van der Waals surface area contributed by atoms with Crippen LogP contribution in [-0.2, 0) is 41.1 Å². The first-order valence-electron chi connectivity index (χ1n) is 13.0. The predicted octanol–water partition coefficient (Wildman–Crippen LogP) is -0.712. The Hall–Kier alpha value is -2.67. The molecule has 3 amide bonds. The Kier molecular flexibility index (Phi) is 11.0. The molecule has 2 saturated heterocycles. The summed E-state index contributed by atoms with van der Waals surface area (Å²) in [4.78, 5) is 51.2. The molecule has 2 aliphatic rings. The van der Waals surface area contributed by atoms with E-state index in [-0.39, 0.29) is 37.1 Å². The van der Waals surface area contributed by atoms with Crippen molar-refractivity contribution < 1.29 is 28.1 Å². The van der Waals surface area contributed by atoms with Gasteiger partial charge in [-0.25, -0.2) is 10.4 Å². The molecule has 2 fully saturated rings. The Labute approximate surface area is 226 Å². The second-order valence-corrected chi connectivity index (χ2v) is 12.0. The van der Waals surface area contributed by atoms with Crippen LogP contribution in [0.1, 0.15) is 32.8 Å². The highest BCUT2D eigenvalue weighted by Crippen LogP contribution is 2.29. The molecule has 12 heteroatoms. The third-order valence-corrected chi connectivity index (χ3v) is 7.74. The average molecular weight is 550 g/mol. The van der Waals surface area contributed by atoms with E-state index in [1.54, 1.807) is 6.92 Å². The highest BCUT2D eigenvalue weighted by Gasteiger charge is 2.50. The number of carbonyl (C=O) groups is 4. The van der Waals surface area contributed by atoms with Gasteiger partial charge in [-0.05, 0) is 24.8 Å². The van der Waals surface area contributed by atoms with Crippen molar-refractivity contribution in [2.45, 2.75) is 51.3 Å². The second kappa shape index (κ2) is 13.9. The molecule has 0 unspecified atom stereocenters. The molecule has 0 aliphatic carbocycles. The van der Waals surface area contributed by atoms with Crippen LogP contribution in [0.25, 0.3) is 0 Å². The first kappa shape index (κ1) is 29.9. The standard InChI is InChI=1S/C26H39N5O6S/c1-18(2)13-20(24(34)26(3)17-37-26)30-25(35)21(14-19-7-5-4-6-8-19)29-23(33)15-27-22(32)16-28-31-9-11-38(36)12-10-31/h4-8,18,20-21,28H,9-17H2,1-3H3,(H,27,32)(H,29,33)(H,30,35)/t20-,21-,26+/m0/s1. The van der Waals surface area contributed by atoms with Crippen molar-refractivity contribution in [1.82, 2.24) is 26.4 Å². The lowest BCUT2D eigenvalue weighted by atomic mass is 9.93. The molecule has 0 spiro atoms. The van der Waals surface area contributed by atoms with Gasteiger partial charge in [-0.2, -0.15) is 0 Å². The van der Waals surface area contributed by atoms with Crippen LogP contribution in [0.5, 0.6) is 0 Å². The highest BCUT2D eigenvalue weighted by atomic mass is 32.2. The van der Waals surface area contributed by atoms with Crippen molar-refractivity contribution in [2.75, 3.05) is 44.3 Å². The maximum absolute atomic E-state index is 13.3. The number of nitrogens with one attached hydrogen (secondary N) is 4. The number of hydrazine groups is 1. The lowest BCUT2D eigenvalue weighted by Gasteiger charge is -2.26. The summed E-state index contributed by atoms with van der Waals surface area (Å²) >= 11 is 0. The first-order chi connectivity index (χ1) is 18.1. The largest absolute Gasteiger partial charge is 0.361 e. The van der Waals surface area contributed by atoms with Gasteiger partial charge < -0.3 is 20.7 Å². The van der Waals surface area contributed by atoms with E-state index in [4.69, 9.17) is 4.74 Å². The van der Waals surface area contributed by atoms with Gasteiger partial charge in [-0.1, -0.05) is 44.2 Å². The molecule has 3 atom stereocenters. The smallest absolute Gasteiger partial charge is 0.243 e. The monoisotopic (exact) mass is 549 g/mol. The van der Waals surface area contributed by atoms with Gasteiger partial charge in [0, 0.05) is 41.8 Å². The molecule has 210 valence electrons. The van der Waals surface area contributed by atoms with E-state index in [0.29, 0.717) is 37.6 Å². The van der Waals surface area contributed by atoms with Gasteiger partial charge in [0.1, 0.15) is 11.6 Å². The third-order valence-electron chi connectivity index (χ3n) is 6.46. The van der Waals surface area contributed by atoms with Crippen LogP contribution in [0.4, 0.5) is 0 Å². The van der Waals surface area contributed by atoms with E-state index >= 15 is 0 Å². The van der Waals surface area contributed by atoms with E-state index in [1.165, 1.54) is 0 Å². The summed E-state index contributed by atoms with van der Waals surface area (Å²) in [5.41, 5.74) is 2.93. The zero-order chi connectivity index (χ0) is 27.7. The number of Topliss-reactive ketones (excluding diaryl/α,β-unsaturated/α-hetero) is 1. The summed E-state index contributed by atoms with van der Waals surface area (Å²) in [6, 6.07) is 7.58. The summed E-state index contributed by atoms with van der Waals surface area (Å²) < 4.78 is 16.8. The minimum absolute atomic E-state index is 0.0202. The third kappa shape index (κ3) is 9.57. The Morgan fingerprint density at radius 1 is 1.00 bits per heavy atom. The van der Waals surface area contributed by atoms with Gasteiger partial charge in [-0.3, -0.25) is 23.4 Å². The Morgan fingerprint density at radius 3 is 2.26 bits per heavy atom. The number of hydrogen-bond donors (Lipinski definition) is 4. The number of carbonyl (C=O) groups excluding carboxylic acids is 4. The summed E-state index contributed by atoms with van der Waals surface area (Å²) in [7, 11) is -0.814. The predicted molar refractivity (Wildman–Crippen MR) is 143 cm³/mol. The quantitative estimate of drug-likeness (QED) is 0.222. The van der Waals surface area contributed by atoms with Crippen molar-refractivity contribution in [3.8, 4) is 0 Å². The fourth-order valence-corrected chi connectivity index (χ4v) is 5.17. The van der Waals surface area contributed by atoms with Gasteiger partial charge in [0.2, 0.25) is 17.7 Å². The molecular weight excluding hydrogens is 510 g/mol. The lowest BCUT2D eigenvalue weighted by molar-refractivity contribution is -0.133. The summed E-state index contributed by atoms with van der Waals surface area (Å²) in [6.07, 6.45) is 0.673. The molecule has 0 aromatic heterocycles. The molecular formula is C26H39N5O6S. The number of benzene rings is 1. The zero-order valence-corrected chi connectivity index (χ0v) is 23.1. The van der Waals surface area contributed by atoms with Crippen LogP contribution in [0.3, 0.4) is 0 Å². The molecule has 2 aliphatic heterocycles. The van der Waals surface area contributed by atoms with Crippen molar-refractivity contribution in [3.05, 3.63) is 35.9 Å². The Morgan fingerprint density at radius 2 is 1.66 bits per heavy atom. The minimum Gasteiger partial charge on any atom is -0.361 e. The molecule has 0 radical (unpaired) electrons.